The molecule has 0 aromatic heterocycles. The third-order valence-electron chi connectivity index (χ3n) is 2.35. The SMILES string of the molecule is COc1cc(C)ccc1OCCNC(=O)OC(C)(C)C. The minimum atomic E-state index is -0.495. The Morgan fingerprint density at radius 1 is 1.25 bits per heavy atom. The smallest absolute Gasteiger partial charge is 0.407 e. The first-order valence-electron chi connectivity index (χ1n) is 6.56. The van der Waals surface area contributed by atoms with E-state index in [1.165, 1.54) is 0 Å². The summed E-state index contributed by atoms with van der Waals surface area (Å²) < 4.78 is 15.9. The molecule has 0 atom stereocenters. The molecule has 0 radical (unpaired) electrons. The third-order valence-corrected chi connectivity index (χ3v) is 2.35. The summed E-state index contributed by atoms with van der Waals surface area (Å²) in [5, 5.41) is 2.63. The molecule has 1 aromatic rings. The zero-order chi connectivity index (χ0) is 15.2. The number of benzene rings is 1. The molecule has 5 heteroatoms. The normalized spacial score (nSPS) is 10.8. The van der Waals surface area contributed by atoms with Gasteiger partial charge in [0.1, 0.15) is 12.2 Å². The van der Waals surface area contributed by atoms with Crippen LogP contribution < -0.4 is 14.8 Å². The monoisotopic (exact) mass is 281 g/mol. The van der Waals surface area contributed by atoms with E-state index in [1.807, 2.05) is 45.9 Å². The predicted molar refractivity (Wildman–Crippen MR) is 77.5 cm³/mol. The Balaban J connectivity index is 2.36. The van der Waals surface area contributed by atoms with Crippen LogP contribution in [0.15, 0.2) is 18.2 Å². The number of rotatable bonds is 5. The Morgan fingerprint density at radius 3 is 2.55 bits per heavy atom. The number of carbonyl (C=O) groups is 1. The number of carbonyl (C=O) groups excluding carboxylic acids is 1. The molecule has 1 N–H and O–H groups in total. The number of alkyl carbamates (subject to hydrolysis) is 1. The lowest BCUT2D eigenvalue weighted by molar-refractivity contribution is 0.0520. The second kappa shape index (κ2) is 7.03. The molecule has 5 nitrogen and oxygen atoms in total. The predicted octanol–water partition coefficient (Wildman–Crippen LogP) is 2.91. The van der Waals surface area contributed by atoms with E-state index in [4.69, 9.17) is 14.2 Å². The third kappa shape index (κ3) is 5.82. The highest BCUT2D eigenvalue weighted by Gasteiger charge is 2.15. The fourth-order valence-corrected chi connectivity index (χ4v) is 1.52. The average molecular weight is 281 g/mol. The molecular weight excluding hydrogens is 258 g/mol. The number of ether oxygens (including phenoxy) is 3. The van der Waals surface area contributed by atoms with Crippen molar-refractivity contribution in [3.8, 4) is 11.5 Å². The van der Waals surface area contributed by atoms with Gasteiger partial charge in [-0.25, -0.2) is 4.79 Å². The van der Waals surface area contributed by atoms with Gasteiger partial charge < -0.3 is 19.5 Å². The quantitative estimate of drug-likeness (QED) is 0.843. The first-order valence-corrected chi connectivity index (χ1v) is 6.56. The van der Waals surface area contributed by atoms with Crippen LogP contribution in [0.4, 0.5) is 4.79 Å². The van der Waals surface area contributed by atoms with Crippen LogP contribution in [0.2, 0.25) is 0 Å². The van der Waals surface area contributed by atoms with Gasteiger partial charge in [-0.1, -0.05) is 6.07 Å². The number of hydrogen-bond acceptors (Lipinski definition) is 4. The lowest BCUT2D eigenvalue weighted by Gasteiger charge is -2.19. The standard InChI is InChI=1S/C15H23NO4/c1-11-6-7-12(13(10-11)18-5)19-9-8-16-14(17)20-15(2,3)4/h6-7,10H,8-9H2,1-5H3,(H,16,17). The maximum Gasteiger partial charge on any atom is 0.407 e. The molecule has 0 aliphatic heterocycles. The first kappa shape index (κ1) is 16.1. The van der Waals surface area contributed by atoms with Crippen molar-refractivity contribution in [2.75, 3.05) is 20.3 Å². The van der Waals surface area contributed by atoms with Gasteiger partial charge in [0.15, 0.2) is 11.5 Å². The van der Waals surface area contributed by atoms with E-state index < -0.39 is 11.7 Å². The van der Waals surface area contributed by atoms with Gasteiger partial charge in [-0.2, -0.15) is 0 Å². The van der Waals surface area contributed by atoms with Gasteiger partial charge in [-0.05, 0) is 45.4 Å². The Labute approximate surface area is 120 Å². The lowest BCUT2D eigenvalue weighted by Crippen LogP contribution is -2.34. The topological polar surface area (TPSA) is 56.8 Å². The highest BCUT2D eigenvalue weighted by molar-refractivity contribution is 5.67. The number of methoxy groups -OCH3 is 1. The van der Waals surface area contributed by atoms with E-state index in [0.29, 0.717) is 24.7 Å². The van der Waals surface area contributed by atoms with E-state index in [2.05, 4.69) is 5.32 Å². The maximum absolute atomic E-state index is 11.4. The summed E-state index contributed by atoms with van der Waals surface area (Å²) in [6, 6.07) is 5.69. The summed E-state index contributed by atoms with van der Waals surface area (Å²) in [5.41, 5.74) is 0.603. The van der Waals surface area contributed by atoms with Gasteiger partial charge in [-0.3, -0.25) is 0 Å². The second-order valence-corrected chi connectivity index (χ2v) is 5.43. The van der Waals surface area contributed by atoms with Crippen LogP contribution in [0.1, 0.15) is 26.3 Å². The van der Waals surface area contributed by atoms with Crippen LogP contribution in [0.3, 0.4) is 0 Å². The van der Waals surface area contributed by atoms with Gasteiger partial charge in [0, 0.05) is 0 Å². The van der Waals surface area contributed by atoms with Crippen molar-refractivity contribution < 1.29 is 19.0 Å². The fraction of sp³-hybridized carbons (Fsp3) is 0.533. The van der Waals surface area contributed by atoms with E-state index in [-0.39, 0.29) is 0 Å². The molecule has 0 aliphatic rings. The van der Waals surface area contributed by atoms with E-state index in [1.54, 1.807) is 7.11 Å². The van der Waals surface area contributed by atoms with E-state index in [9.17, 15) is 4.79 Å². The van der Waals surface area contributed by atoms with Crippen LogP contribution in [0.5, 0.6) is 11.5 Å². The number of aryl methyl sites for hydroxylation is 1. The molecular formula is C15H23NO4. The number of hydrogen-bond donors (Lipinski definition) is 1. The van der Waals surface area contributed by atoms with Crippen LogP contribution in [-0.2, 0) is 4.74 Å². The van der Waals surface area contributed by atoms with Gasteiger partial charge in [0.05, 0.1) is 13.7 Å². The molecule has 1 amide bonds. The van der Waals surface area contributed by atoms with Gasteiger partial charge in [0.2, 0.25) is 0 Å². The fourth-order valence-electron chi connectivity index (χ4n) is 1.52. The Bertz CT molecular complexity index is 452. The molecule has 0 saturated heterocycles. The number of nitrogens with one attached hydrogen (secondary N) is 1. The summed E-state index contributed by atoms with van der Waals surface area (Å²) in [7, 11) is 1.60. The van der Waals surface area contributed by atoms with Crippen molar-refractivity contribution in [2.24, 2.45) is 0 Å². The van der Waals surface area contributed by atoms with Crippen LogP contribution in [0.25, 0.3) is 0 Å². The highest BCUT2D eigenvalue weighted by Crippen LogP contribution is 2.27. The minimum Gasteiger partial charge on any atom is -0.493 e. The van der Waals surface area contributed by atoms with Crippen molar-refractivity contribution in [1.29, 1.82) is 0 Å². The Kier molecular flexibility index (Phi) is 5.67. The molecule has 20 heavy (non-hydrogen) atoms. The van der Waals surface area contributed by atoms with Gasteiger partial charge in [0.25, 0.3) is 0 Å². The van der Waals surface area contributed by atoms with Gasteiger partial charge in [-0.15, -0.1) is 0 Å². The van der Waals surface area contributed by atoms with Gasteiger partial charge >= 0.3 is 6.09 Å². The molecule has 0 heterocycles. The number of amides is 1. The maximum atomic E-state index is 11.4. The highest BCUT2D eigenvalue weighted by atomic mass is 16.6. The molecule has 0 fully saturated rings. The van der Waals surface area contributed by atoms with Crippen molar-refractivity contribution >= 4 is 6.09 Å². The van der Waals surface area contributed by atoms with Crippen LogP contribution >= 0.6 is 0 Å². The molecule has 112 valence electrons. The van der Waals surface area contributed by atoms with Crippen LogP contribution in [0, 0.1) is 6.92 Å². The van der Waals surface area contributed by atoms with Crippen molar-refractivity contribution in [3.63, 3.8) is 0 Å². The summed E-state index contributed by atoms with van der Waals surface area (Å²) in [6.45, 7) is 8.15. The van der Waals surface area contributed by atoms with E-state index >= 15 is 0 Å². The Morgan fingerprint density at radius 2 is 1.95 bits per heavy atom. The molecule has 0 bridgehead atoms. The summed E-state index contributed by atoms with van der Waals surface area (Å²) >= 11 is 0. The molecule has 0 aliphatic carbocycles. The lowest BCUT2D eigenvalue weighted by atomic mass is 10.2. The molecule has 1 rings (SSSR count). The van der Waals surface area contributed by atoms with Crippen molar-refractivity contribution in [3.05, 3.63) is 23.8 Å². The molecule has 1 aromatic carbocycles. The minimum absolute atomic E-state index is 0.346. The van der Waals surface area contributed by atoms with Crippen LogP contribution in [-0.4, -0.2) is 32.0 Å². The summed E-state index contributed by atoms with van der Waals surface area (Å²) in [4.78, 5) is 11.4. The second-order valence-electron chi connectivity index (χ2n) is 5.43. The molecule has 0 unspecified atom stereocenters. The van der Waals surface area contributed by atoms with Crippen molar-refractivity contribution in [2.45, 2.75) is 33.3 Å². The zero-order valence-corrected chi connectivity index (χ0v) is 12.8. The zero-order valence-electron chi connectivity index (χ0n) is 12.8. The van der Waals surface area contributed by atoms with E-state index in [0.717, 1.165) is 5.56 Å². The Hall–Kier alpha value is -1.91. The van der Waals surface area contributed by atoms with Crippen molar-refractivity contribution in [1.82, 2.24) is 5.32 Å². The average Bonchev–Trinajstić information content (AvgIpc) is 2.33. The largest absolute Gasteiger partial charge is 0.493 e. The summed E-state index contributed by atoms with van der Waals surface area (Å²) in [5.74, 6) is 1.34. The molecule has 0 spiro atoms. The first-order chi connectivity index (χ1) is 9.31. The molecule has 0 saturated carbocycles. The summed E-state index contributed by atoms with van der Waals surface area (Å²) in [6.07, 6.45) is -0.447.